The van der Waals surface area contributed by atoms with E-state index in [9.17, 15) is 14.4 Å². The van der Waals surface area contributed by atoms with E-state index in [1.54, 1.807) is 30.3 Å². The second-order valence-electron chi connectivity index (χ2n) is 6.62. The Morgan fingerprint density at radius 1 is 0.857 bits per heavy atom. The molecule has 0 aliphatic rings. The van der Waals surface area contributed by atoms with E-state index >= 15 is 0 Å². The molecule has 0 saturated carbocycles. The van der Waals surface area contributed by atoms with Crippen molar-refractivity contribution in [1.29, 1.82) is 0 Å². The van der Waals surface area contributed by atoms with E-state index in [-0.39, 0.29) is 31.5 Å². The maximum Gasteiger partial charge on any atom is 0.338 e. The lowest BCUT2D eigenvalue weighted by molar-refractivity contribution is -0.150. The molecule has 6 heteroatoms. The highest BCUT2D eigenvalue weighted by Crippen LogP contribution is 2.07. The van der Waals surface area contributed by atoms with Crippen molar-refractivity contribution in [2.75, 3.05) is 13.2 Å². The summed E-state index contributed by atoms with van der Waals surface area (Å²) in [4.78, 5) is 36.4. The van der Waals surface area contributed by atoms with Gasteiger partial charge in [0.2, 0.25) is 5.91 Å². The fourth-order valence-corrected chi connectivity index (χ4v) is 2.53. The zero-order valence-electron chi connectivity index (χ0n) is 16.1. The Kier molecular flexibility index (Phi) is 8.21. The lowest BCUT2D eigenvalue weighted by Crippen LogP contribution is -2.46. The molecular formula is C22H25NO5. The molecule has 0 aromatic heterocycles. The molecule has 28 heavy (non-hydrogen) atoms. The van der Waals surface area contributed by atoms with Gasteiger partial charge in [-0.1, -0.05) is 62.4 Å². The molecule has 0 spiro atoms. The third-order valence-corrected chi connectivity index (χ3v) is 4.01. The average Bonchev–Trinajstić information content (AvgIpc) is 2.70. The van der Waals surface area contributed by atoms with Crippen LogP contribution in [0, 0.1) is 5.92 Å². The van der Waals surface area contributed by atoms with Gasteiger partial charge in [-0.05, 0) is 23.6 Å². The lowest BCUT2D eigenvalue weighted by atomic mass is 10.0. The van der Waals surface area contributed by atoms with Gasteiger partial charge in [-0.25, -0.2) is 9.59 Å². The SMILES string of the molecule is CC(C)C(NC(=O)Cc1ccccc1)C(=O)OCCOC(=O)c1ccccc1. The summed E-state index contributed by atoms with van der Waals surface area (Å²) in [6, 6.07) is 17.1. The first kappa shape index (κ1) is 21.2. The van der Waals surface area contributed by atoms with E-state index in [1.807, 2.05) is 44.2 Å². The summed E-state index contributed by atoms with van der Waals surface area (Å²) in [5.74, 6) is -1.42. The number of ether oxygens (including phenoxy) is 2. The highest BCUT2D eigenvalue weighted by molar-refractivity contribution is 5.89. The molecule has 0 aliphatic heterocycles. The highest BCUT2D eigenvalue weighted by atomic mass is 16.6. The molecule has 0 fully saturated rings. The van der Waals surface area contributed by atoms with E-state index < -0.39 is 18.0 Å². The van der Waals surface area contributed by atoms with Crippen molar-refractivity contribution in [1.82, 2.24) is 5.32 Å². The first-order valence-electron chi connectivity index (χ1n) is 9.19. The Morgan fingerprint density at radius 2 is 1.43 bits per heavy atom. The van der Waals surface area contributed by atoms with Crippen LogP contribution in [0.15, 0.2) is 60.7 Å². The zero-order valence-corrected chi connectivity index (χ0v) is 16.1. The van der Waals surface area contributed by atoms with Crippen LogP contribution < -0.4 is 5.32 Å². The number of carbonyl (C=O) groups excluding carboxylic acids is 3. The van der Waals surface area contributed by atoms with Crippen LogP contribution in [0.4, 0.5) is 0 Å². The van der Waals surface area contributed by atoms with Crippen LogP contribution >= 0.6 is 0 Å². The molecule has 2 rings (SSSR count). The van der Waals surface area contributed by atoms with Crippen molar-refractivity contribution < 1.29 is 23.9 Å². The molecule has 0 aliphatic carbocycles. The minimum absolute atomic E-state index is 0.0533. The van der Waals surface area contributed by atoms with Crippen molar-refractivity contribution in [2.45, 2.75) is 26.3 Å². The van der Waals surface area contributed by atoms with Crippen molar-refractivity contribution in [3.05, 3.63) is 71.8 Å². The van der Waals surface area contributed by atoms with Gasteiger partial charge in [-0.3, -0.25) is 4.79 Å². The third-order valence-electron chi connectivity index (χ3n) is 4.01. The van der Waals surface area contributed by atoms with Gasteiger partial charge in [0.25, 0.3) is 0 Å². The van der Waals surface area contributed by atoms with Crippen LogP contribution in [0.25, 0.3) is 0 Å². The molecular weight excluding hydrogens is 358 g/mol. The number of esters is 2. The van der Waals surface area contributed by atoms with Crippen molar-refractivity contribution in [3.8, 4) is 0 Å². The molecule has 1 N–H and O–H groups in total. The molecule has 0 radical (unpaired) electrons. The molecule has 1 atom stereocenters. The van der Waals surface area contributed by atoms with Crippen LogP contribution in [-0.2, 0) is 25.5 Å². The van der Waals surface area contributed by atoms with Crippen molar-refractivity contribution >= 4 is 17.8 Å². The fraction of sp³-hybridized carbons (Fsp3) is 0.318. The Hall–Kier alpha value is -3.15. The van der Waals surface area contributed by atoms with Crippen LogP contribution in [0.3, 0.4) is 0 Å². The second-order valence-corrected chi connectivity index (χ2v) is 6.62. The monoisotopic (exact) mass is 383 g/mol. The molecule has 1 unspecified atom stereocenters. The lowest BCUT2D eigenvalue weighted by Gasteiger charge is -2.21. The van der Waals surface area contributed by atoms with Gasteiger partial charge in [0.15, 0.2) is 0 Å². The molecule has 0 bridgehead atoms. The summed E-state index contributed by atoms with van der Waals surface area (Å²) < 4.78 is 10.2. The predicted octanol–water partition coefficient (Wildman–Crippen LogP) is 2.77. The first-order valence-corrected chi connectivity index (χ1v) is 9.19. The summed E-state index contributed by atoms with van der Waals surface area (Å²) in [6.07, 6.45) is 0.187. The fourth-order valence-electron chi connectivity index (χ4n) is 2.53. The van der Waals surface area contributed by atoms with Gasteiger partial charge in [-0.15, -0.1) is 0 Å². The van der Waals surface area contributed by atoms with E-state index in [0.29, 0.717) is 5.56 Å². The quantitative estimate of drug-likeness (QED) is 0.532. The van der Waals surface area contributed by atoms with Crippen LogP contribution in [0.1, 0.15) is 29.8 Å². The molecule has 6 nitrogen and oxygen atoms in total. The van der Waals surface area contributed by atoms with Crippen LogP contribution in [-0.4, -0.2) is 37.1 Å². The van der Waals surface area contributed by atoms with Crippen LogP contribution in [0.5, 0.6) is 0 Å². The topological polar surface area (TPSA) is 81.7 Å². The van der Waals surface area contributed by atoms with Gasteiger partial charge in [0.1, 0.15) is 19.3 Å². The van der Waals surface area contributed by atoms with Crippen LogP contribution in [0.2, 0.25) is 0 Å². The number of rotatable bonds is 9. The van der Waals surface area contributed by atoms with Gasteiger partial charge in [-0.2, -0.15) is 0 Å². The predicted molar refractivity (Wildman–Crippen MR) is 105 cm³/mol. The minimum atomic E-state index is -0.763. The van der Waals surface area contributed by atoms with E-state index in [2.05, 4.69) is 5.32 Å². The Bertz CT molecular complexity index is 774. The van der Waals surface area contributed by atoms with Gasteiger partial charge >= 0.3 is 11.9 Å². The summed E-state index contributed by atoms with van der Waals surface area (Å²) >= 11 is 0. The molecule has 2 aromatic rings. The highest BCUT2D eigenvalue weighted by Gasteiger charge is 2.25. The molecule has 148 valence electrons. The molecule has 0 heterocycles. The maximum atomic E-state index is 12.3. The number of carbonyl (C=O) groups is 3. The van der Waals surface area contributed by atoms with E-state index in [4.69, 9.17) is 9.47 Å². The summed E-state index contributed by atoms with van der Waals surface area (Å²) in [6.45, 7) is 3.52. The molecule has 0 saturated heterocycles. The summed E-state index contributed by atoms with van der Waals surface area (Å²) in [7, 11) is 0. The van der Waals surface area contributed by atoms with Crippen molar-refractivity contribution in [3.63, 3.8) is 0 Å². The van der Waals surface area contributed by atoms with Gasteiger partial charge in [0.05, 0.1) is 12.0 Å². The normalized spacial score (nSPS) is 11.5. The average molecular weight is 383 g/mol. The van der Waals surface area contributed by atoms with Crippen molar-refractivity contribution in [2.24, 2.45) is 5.92 Å². The largest absolute Gasteiger partial charge is 0.461 e. The smallest absolute Gasteiger partial charge is 0.338 e. The van der Waals surface area contributed by atoms with Gasteiger partial charge in [0, 0.05) is 0 Å². The number of benzene rings is 2. The van der Waals surface area contributed by atoms with Gasteiger partial charge < -0.3 is 14.8 Å². The Labute approximate surface area is 164 Å². The minimum Gasteiger partial charge on any atom is -0.461 e. The summed E-state index contributed by atoms with van der Waals surface area (Å²) in [5.41, 5.74) is 1.30. The molecule has 1 amide bonds. The number of hydrogen-bond acceptors (Lipinski definition) is 5. The molecule has 2 aromatic carbocycles. The summed E-state index contributed by atoms with van der Waals surface area (Å²) in [5, 5.41) is 2.72. The third kappa shape index (κ3) is 6.87. The number of hydrogen-bond donors (Lipinski definition) is 1. The maximum absolute atomic E-state index is 12.3. The Morgan fingerprint density at radius 3 is 2.04 bits per heavy atom. The first-order chi connectivity index (χ1) is 13.5. The number of nitrogens with one attached hydrogen (secondary N) is 1. The zero-order chi connectivity index (χ0) is 20.4. The Balaban J connectivity index is 1.77. The van der Waals surface area contributed by atoms with E-state index in [0.717, 1.165) is 5.56 Å². The standard InChI is InChI=1S/C22H25NO5/c1-16(2)20(23-19(24)15-17-9-5-3-6-10-17)22(26)28-14-13-27-21(25)18-11-7-4-8-12-18/h3-12,16,20H,13-15H2,1-2H3,(H,23,24). The second kappa shape index (κ2) is 10.9. The van der Waals surface area contributed by atoms with E-state index in [1.165, 1.54) is 0 Å². The number of amides is 1.